The Morgan fingerprint density at radius 3 is 1.87 bits per heavy atom. The molecule has 0 bridgehead atoms. The van der Waals surface area contributed by atoms with E-state index in [1.807, 2.05) is 0 Å². The molecule has 0 saturated heterocycles. The van der Waals surface area contributed by atoms with Crippen LogP contribution in [0.3, 0.4) is 0 Å². The quantitative estimate of drug-likeness (QED) is 0.271. The molecule has 0 unspecified atom stereocenters. The molecule has 1 aromatic carbocycles. The third-order valence-electron chi connectivity index (χ3n) is 6.61. The molecule has 3 nitrogen and oxygen atoms in total. The summed E-state index contributed by atoms with van der Waals surface area (Å²) in [5, 5.41) is 0. The van der Waals surface area contributed by atoms with E-state index in [0.29, 0.717) is 6.61 Å². The predicted molar refractivity (Wildman–Crippen MR) is 130 cm³/mol. The number of anilines is 1. The monoisotopic (exact) mass is 417 g/mol. The Morgan fingerprint density at radius 2 is 1.40 bits per heavy atom. The normalized spacial score (nSPS) is 12.1. The van der Waals surface area contributed by atoms with Crippen molar-refractivity contribution in [3.05, 3.63) is 29.8 Å². The fourth-order valence-corrected chi connectivity index (χ4v) is 3.85. The second kappa shape index (κ2) is 13.0. The van der Waals surface area contributed by atoms with Crippen molar-refractivity contribution in [2.24, 2.45) is 5.41 Å². The Bertz CT molecular complexity index is 598. The molecular weight excluding hydrogens is 370 g/mol. The lowest BCUT2D eigenvalue weighted by atomic mass is 9.80. The van der Waals surface area contributed by atoms with Crippen molar-refractivity contribution < 1.29 is 9.53 Å². The van der Waals surface area contributed by atoms with E-state index in [0.717, 1.165) is 57.1 Å². The second-order valence-electron chi connectivity index (χ2n) is 9.68. The second-order valence-corrected chi connectivity index (χ2v) is 9.68. The maximum absolute atomic E-state index is 12.9. The van der Waals surface area contributed by atoms with Crippen molar-refractivity contribution in [1.82, 2.24) is 0 Å². The largest absolute Gasteiger partial charge is 0.460 e. The SMILES string of the molecule is CCCCN(c1ccc(COC(=O)C(C)(CCCC)CCCC)cc1)C(C)(C)CC. The number of hydrogen-bond acceptors (Lipinski definition) is 3. The zero-order valence-corrected chi connectivity index (χ0v) is 20.9. The molecular formula is C27H47NO2. The number of ether oxygens (including phenoxy) is 1. The van der Waals surface area contributed by atoms with Crippen LogP contribution in [0.5, 0.6) is 0 Å². The van der Waals surface area contributed by atoms with Crippen LogP contribution >= 0.6 is 0 Å². The lowest BCUT2D eigenvalue weighted by Crippen LogP contribution is -2.44. The van der Waals surface area contributed by atoms with Crippen LogP contribution in [0, 0.1) is 5.41 Å². The molecule has 0 atom stereocenters. The van der Waals surface area contributed by atoms with E-state index in [-0.39, 0.29) is 16.9 Å². The number of benzene rings is 1. The minimum atomic E-state index is -0.353. The lowest BCUT2D eigenvalue weighted by molar-refractivity contribution is -0.157. The van der Waals surface area contributed by atoms with Gasteiger partial charge in [0, 0.05) is 17.8 Å². The molecule has 0 aromatic heterocycles. The summed E-state index contributed by atoms with van der Waals surface area (Å²) in [5.74, 6) is -0.0369. The number of nitrogens with zero attached hydrogens (tertiary/aromatic N) is 1. The summed E-state index contributed by atoms with van der Waals surface area (Å²) in [7, 11) is 0. The van der Waals surface area contributed by atoms with E-state index in [1.54, 1.807) is 0 Å². The molecule has 0 spiro atoms. The number of unbranched alkanes of at least 4 members (excludes halogenated alkanes) is 3. The van der Waals surface area contributed by atoms with Crippen LogP contribution < -0.4 is 4.90 Å². The van der Waals surface area contributed by atoms with Crippen LogP contribution in [0.2, 0.25) is 0 Å². The van der Waals surface area contributed by atoms with Gasteiger partial charge in [-0.1, -0.05) is 71.9 Å². The van der Waals surface area contributed by atoms with Gasteiger partial charge in [0.1, 0.15) is 6.61 Å². The highest BCUT2D eigenvalue weighted by Crippen LogP contribution is 2.33. The van der Waals surface area contributed by atoms with Gasteiger partial charge >= 0.3 is 5.97 Å². The number of esters is 1. The maximum Gasteiger partial charge on any atom is 0.312 e. The van der Waals surface area contributed by atoms with Gasteiger partial charge in [-0.25, -0.2) is 0 Å². The first kappa shape index (κ1) is 26.5. The van der Waals surface area contributed by atoms with Crippen molar-refractivity contribution in [1.29, 1.82) is 0 Å². The summed E-state index contributed by atoms with van der Waals surface area (Å²) in [4.78, 5) is 15.4. The van der Waals surface area contributed by atoms with Gasteiger partial charge in [0.2, 0.25) is 0 Å². The summed E-state index contributed by atoms with van der Waals surface area (Å²) < 4.78 is 5.79. The van der Waals surface area contributed by atoms with Crippen LogP contribution in [-0.4, -0.2) is 18.1 Å². The van der Waals surface area contributed by atoms with Gasteiger partial charge in [0.25, 0.3) is 0 Å². The lowest BCUT2D eigenvalue weighted by Gasteiger charge is -2.40. The predicted octanol–water partition coefficient (Wildman–Crippen LogP) is 7.91. The minimum Gasteiger partial charge on any atom is -0.460 e. The fraction of sp³-hybridized carbons (Fsp3) is 0.741. The molecule has 0 amide bonds. The van der Waals surface area contributed by atoms with E-state index in [4.69, 9.17) is 4.74 Å². The minimum absolute atomic E-state index is 0.0369. The Balaban J connectivity index is 2.81. The van der Waals surface area contributed by atoms with E-state index >= 15 is 0 Å². The Labute approximate surface area is 186 Å². The molecule has 1 aromatic rings. The van der Waals surface area contributed by atoms with Crippen molar-refractivity contribution >= 4 is 11.7 Å². The zero-order chi connectivity index (χ0) is 22.6. The van der Waals surface area contributed by atoms with Gasteiger partial charge in [-0.2, -0.15) is 0 Å². The smallest absolute Gasteiger partial charge is 0.312 e. The number of carbonyl (C=O) groups excluding carboxylic acids is 1. The number of hydrogen-bond donors (Lipinski definition) is 0. The van der Waals surface area contributed by atoms with Crippen LogP contribution in [0.15, 0.2) is 24.3 Å². The highest BCUT2D eigenvalue weighted by molar-refractivity contribution is 5.76. The fourth-order valence-electron chi connectivity index (χ4n) is 3.85. The van der Waals surface area contributed by atoms with Gasteiger partial charge < -0.3 is 9.64 Å². The first-order valence-corrected chi connectivity index (χ1v) is 12.3. The molecule has 0 aliphatic carbocycles. The van der Waals surface area contributed by atoms with Crippen molar-refractivity contribution in [2.75, 3.05) is 11.4 Å². The van der Waals surface area contributed by atoms with E-state index < -0.39 is 0 Å². The maximum atomic E-state index is 12.9. The molecule has 0 heterocycles. The van der Waals surface area contributed by atoms with E-state index in [2.05, 4.69) is 77.6 Å². The van der Waals surface area contributed by atoms with E-state index in [9.17, 15) is 4.79 Å². The summed E-state index contributed by atoms with van der Waals surface area (Å²) in [6.45, 7) is 17.0. The molecule has 30 heavy (non-hydrogen) atoms. The Hall–Kier alpha value is -1.51. The van der Waals surface area contributed by atoms with Crippen LogP contribution in [0.25, 0.3) is 0 Å². The highest BCUT2D eigenvalue weighted by atomic mass is 16.5. The molecule has 0 radical (unpaired) electrons. The molecule has 0 saturated carbocycles. The third-order valence-corrected chi connectivity index (χ3v) is 6.61. The average Bonchev–Trinajstić information content (AvgIpc) is 2.75. The molecule has 0 fully saturated rings. The zero-order valence-electron chi connectivity index (χ0n) is 20.9. The molecule has 3 heteroatoms. The van der Waals surface area contributed by atoms with Gasteiger partial charge in [0.15, 0.2) is 0 Å². The molecule has 1 rings (SSSR count). The summed E-state index contributed by atoms with van der Waals surface area (Å²) >= 11 is 0. The van der Waals surface area contributed by atoms with Gasteiger partial charge in [-0.15, -0.1) is 0 Å². The molecule has 0 N–H and O–H groups in total. The van der Waals surface area contributed by atoms with Crippen molar-refractivity contribution in [2.45, 2.75) is 118 Å². The molecule has 0 aliphatic rings. The van der Waals surface area contributed by atoms with E-state index in [1.165, 1.54) is 18.5 Å². The summed E-state index contributed by atoms with van der Waals surface area (Å²) in [6, 6.07) is 8.60. The topological polar surface area (TPSA) is 29.5 Å². The number of rotatable bonds is 15. The molecule has 172 valence electrons. The summed E-state index contributed by atoms with van der Waals surface area (Å²) in [6.07, 6.45) is 9.69. The average molecular weight is 418 g/mol. The highest BCUT2D eigenvalue weighted by Gasteiger charge is 2.33. The first-order chi connectivity index (χ1) is 14.2. The third kappa shape index (κ3) is 7.96. The number of carbonyl (C=O) groups is 1. The Morgan fingerprint density at radius 1 is 0.867 bits per heavy atom. The van der Waals surface area contributed by atoms with Crippen molar-refractivity contribution in [3.63, 3.8) is 0 Å². The van der Waals surface area contributed by atoms with Gasteiger partial charge in [-0.05, 0) is 64.2 Å². The standard InChI is InChI=1S/C27H47NO2/c1-8-12-19-27(7,20-13-9-2)25(29)30-22-23-15-17-24(18-16-23)28(21-14-10-3)26(5,6)11-4/h15-18H,8-14,19-22H2,1-7H3. The van der Waals surface area contributed by atoms with Gasteiger partial charge in [0.05, 0.1) is 5.41 Å². The van der Waals surface area contributed by atoms with Crippen LogP contribution in [0.1, 0.15) is 112 Å². The van der Waals surface area contributed by atoms with Crippen LogP contribution in [0.4, 0.5) is 5.69 Å². The van der Waals surface area contributed by atoms with Crippen LogP contribution in [-0.2, 0) is 16.1 Å². The summed E-state index contributed by atoms with van der Waals surface area (Å²) in [5.41, 5.74) is 2.09. The molecule has 0 aliphatic heterocycles. The van der Waals surface area contributed by atoms with Gasteiger partial charge in [-0.3, -0.25) is 4.79 Å². The Kier molecular flexibility index (Phi) is 11.5. The van der Waals surface area contributed by atoms with Crippen molar-refractivity contribution in [3.8, 4) is 0 Å². The first-order valence-electron chi connectivity index (χ1n) is 12.3.